The number of hydrogen-bond donors (Lipinski definition) is 6. The molecule has 0 spiro atoms. The van der Waals surface area contributed by atoms with Crippen molar-refractivity contribution in [2.24, 2.45) is 0 Å². The summed E-state index contributed by atoms with van der Waals surface area (Å²) in [6.07, 6.45) is -3.96. The Morgan fingerprint density at radius 1 is 1.35 bits per heavy atom. The van der Waals surface area contributed by atoms with Gasteiger partial charge in [0.05, 0.1) is 25.4 Å². The van der Waals surface area contributed by atoms with Crippen LogP contribution in [0, 0.1) is 0 Å². The van der Waals surface area contributed by atoms with Crippen LogP contribution in [0.2, 0.25) is 0 Å². The van der Waals surface area contributed by atoms with Crippen molar-refractivity contribution in [3.8, 4) is 5.75 Å². The summed E-state index contributed by atoms with van der Waals surface area (Å²) in [7, 11) is 1.52. The van der Waals surface area contributed by atoms with Gasteiger partial charge in [-0.3, -0.25) is 4.79 Å². The smallest absolute Gasteiger partial charge is 0.251 e. The molecule has 4 atom stereocenters. The van der Waals surface area contributed by atoms with Crippen molar-refractivity contribution in [2.45, 2.75) is 23.9 Å². The molecular formula is C15H22N2O6. The number of benzene rings is 1. The van der Waals surface area contributed by atoms with Crippen molar-refractivity contribution in [3.63, 3.8) is 0 Å². The maximum atomic E-state index is 12.1. The fourth-order valence-electron chi connectivity index (χ4n) is 2.53. The highest BCUT2D eigenvalue weighted by Gasteiger charge is 2.47. The molecule has 0 radical (unpaired) electrons. The van der Waals surface area contributed by atoms with E-state index in [9.17, 15) is 25.2 Å². The Morgan fingerprint density at radius 2 is 2.00 bits per heavy atom. The Balaban J connectivity index is 2.03. The van der Waals surface area contributed by atoms with Crippen LogP contribution in [0.25, 0.3) is 0 Å². The Kier molecular flexibility index (Phi) is 5.55. The highest BCUT2D eigenvalue weighted by Crippen LogP contribution is 2.20. The number of β-amino-alcohol motifs (C(OH)–C–C–N with tert-alkyl or cyclic N) is 1. The minimum atomic E-state index is -1.42. The summed E-state index contributed by atoms with van der Waals surface area (Å²) < 4.78 is 5.01. The lowest BCUT2D eigenvalue weighted by atomic mass is 9.83. The summed E-state index contributed by atoms with van der Waals surface area (Å²) in [6, 6.07) is 6.46. The van der Waals surface area contributed by atoms with E-state index in [0.717, 1.165) is 0 Å². The zero-order chi connectivity index (χ0) is 17.0. The number of aliphatic hydroxyl groups is 4. The van der Waals surface area contributed by atoms with E-state index in [0.29, 0.717) is 11.3 Å². The third-order valence-corrected chi connectivity index (χ3v) is 4.15. The van der Waals surface area contributed by atoms with Gasteiger partial charge in [0.25, 0.3) is 5.91 Å². The number of rotatable bonds is 5. The molecule has 0 aliphatic carbocycles. The third-order valence-electron chi connectivity index (χ3n) is 4.15. The molecule has 4 unspecified atom stereocenters. The monoisotopic (exact) mass is 326 g/mol. The predicted molar refractivity (Wildman–Crippen MR) is 81.2 cm³/mol. The second-order valence-electron chi connectivity index (χ2n) is 5.61. The Bertz CT molecular complexity index is 537. The Hall–Kier alpha value is -1.71. The van der Waals surface area contributed by atoms with Crippen LogP contribution >= 0.6 is 0 Å². The van der Waals surface area contributed by atoms with Gasteiger partial charge in [-0.15, -0.1) is 0 Å². The first kappa shape index (κ1) is 17.6. The Labute approximate surface area is 133 Å². The number of aliphatic hydroxyl groups excluding tert-OH is 4. The molecule has 0 bridgehead atoms. The summed E-state index contributed by atoms with van der Waals surface area (Å²) >= 11 is 0. The number of nitrogens with one attached hydrogen (secondary N) is 2. The van der Waals surface area contributed by atoms with Crippen molar-refractivity contribution < 1.29 is 30.0 Å². The standard InChI is InChI=1S/C15H22N2O6/c1-23-10-4-2-9(3-5-10)14(22)16-7-15(8-18)13(21)12(20)11(19)6-17-15/h2-5,11-13,17-21H,6-8H2,1H3,(H,16,22). The van der Waals surface area contributed by atoms with Crippen molar-refractivity contribution in [1.82, 2.24) is 10.6 Å². The fourth-order valence-corrected chi connectivity index (χ4v) is 2.53. The number of methoxy groups -OCH3 is 1. The topological polar surface area (TPSA) is 131 Å². The molecule has 8 heteroatoms. The number of carbonyl (C=O) groups excluding carboxylic acids is 1. The second kappa shape index (κ2) is 7.24. The lowest BCUT2D eigenvalue weighted by Crippen LogP contribution is -2.73. The van der Waals surface area contributed by atoms with Gasteiger partial charge < -0.3 is 35.8 Å². The van der Waals surface area contributed by atoms with Crippen LogP contribution in [0.4, 0.5) is 0 Å². The maximum Gasteiger partial charge on any atom is 0.251 e. The van der Waals surface area contributed by atoms with Gasteiger partial charge in [-0.05, 0) is 24.3 Å². The number of ether oxygens (including phenoxy) is 1. The summed E-state index contributed by atoms with van der Waals surface area (Å²) in [5, 5.41) is 44.4. The van der Waals surface area contributed by atoms with Crippen LogP contribution in [-0.4, -0.2) is 77.0 Å². The molecule has 1 aromatic rings. The van der Waals surface area contributed by atoms with Crippen LogP contribution in [0.3, 0.4) is 0 Å². The largest absolute Gasteiger partial charge is 0.497 e. The zero-order valence-electron chi connectivity index (χ0n) is 12.8. The third kappa shape index (κ3) is 3.62. The zero-order valence-corrected chi connectivity index (χ0v) is 12.8. The first-order valence-corrected chi connectivity index (χ1v) is 7.26. The molecule has 6 N–H and O–H groups in total. The summed E-state index contributed by atoms with van der Waals surface area (Å²) in [5.41, 5.74) is -0.925. The molecule has 0 saturated carbocycles. The van der Waals surface area contributed by atoms with Crippen LogP contribution in [0.5, 0.6) is 5.75 Å². The van der Waals surface area contributed by atoms with Gasteiger partial charge in [-0.25, -0.2) is 0 Å². The van der Waals surface area contributed by atoms with E-state index in [-0.39, 0.29) is 13.1 Å². The lowest BCUT2D eigenvalue weighted by molar-refractivity contribution is -0.131. The first-order valence-electron chi connectivity index (χ1n) is 7.26. The number of hydrogen-bond acceptors (Lipinski definition) is 7. The quantitative estimate of drug-likeness (QED) is 0.363. The lowest BCUT2D eigenvalue weighted by Gasteiger charge is -2.45. The molecule has 0 aromatic heterocycles. The van der Waals surface area contributed by atoms with E-state index in [2.05, 4.69) is 10.6 Å². The van der Waals surface area contributed by atoms with Crippen molar-refractivity contribution in [1.29, 1.82) is 0 Å². The van der Waals surface area contributed by atoms with Gasteiger partial charge in [-0.2, -0.15) is 0 Å². The minimum absolute atomic E-state index is 0.00278. The molecule has 2 rings (SSSR count). The number of amides is 1. The Morgan fingerprint density at radius 3 is 2.57 bits per heavy atom. The van der Waals surface area contributed by atoms with E-state index in [1.54, 1.807) is 24.3 Å². The predicted octanol–water partition coefficient (Wildman–Crippen LogP) is -2.16. The molecule has 1 fully saturated rings. The highest BCUT2D eigenvalue weighted by atomic mass is 16.5. The van der Waals surface area contributed by atoms with Crippen LogP contribution < -0.4 is 15.4 Å². The minimum Gasteiger partial charge on any atom is -0.497 e. The first-order chi connectivity index (χ1) is 10.9. The molecular weight excluding hydrogens is 304 g/mol. The SMILES string of the molecule is COc1ccc(C(=O)NCC2(CO)NCC(O)C(O)C2O)cc1. The van der Waals surface area contributed by atoms with E-state index in [4.69, 9.17) is 4.74 Å². The molecule has 23 heavy (non-hydrogen) atoms. The molecule has 1 aromatic carbocycles. The average Bonchev–Trinajstić information content (AvgIpc) is 2.59. The molecule has 1 aliphatic heterocycles. The van der Waals surface area contributed by atoms with E-state index in [1.807, 2.05) is 0 Å². The van der Waals surface area contributed by atoms with E-state index in [1.165, 1.54) is 7.11 Å². The second-order valence-corrected chi connectivity index (χ2v) is 5.61. The summed E-state index contributed by atoms with van der Waals surface area (Å²) in [5.74, 6) is 0.227. The van der Waals surface area contributed by atoms with E-state index < -0.39 is 36.4 Å². The van der Waals surface area contributed by atoms with E-state index >= 15 is 0 Å². The summed E-state index contributed by atoms with van der Waals surface area (Å²) in [4.78, 5) is 12.1. The maximum absolute atomic E-state index is 12.1. The van der Waals surface area contributed by atoms with Crippen molar-refractivity contribution in [2.75, 3.05) is 26.8 Å². The van der Waals surface area contributed by atoms with Crippen molar-refractivity contribution in [3.05, 3.63) is 29.8 Å². The highest BCUT2D eigenvalue weighted by molar-refractivity contribution is 5.94. The van der Waals surface area contributed by atoms with Gasteiger partial charge >= 0.3 is 0 Å². The van der Waals surface area contributed by atoms with Gasteiger partial charge in [0.15, 0.2) is 0 Å². The number of carbonyl (C=O) groups is 1. The normalized spacial score (nSPS) is 30.7. The van der Waals surface area contributed by atoms with Crippen molar-refractivity contribution >= 4 is 5.91 Å². The fraction of sp³-hybridized carbons (Fsp3) is 0.533. The van der Waals surface area contributed by atoms with Gasteiger partial charge in [0, 0.05) is 18.7 Å². The molecule has 1 amide bonds. The van der Waals surface area contributed by atoms with Gasteiger partial charge in [-0.1, -0.05) is 0 Å². The average molecular weight is 326 g/mol. The number of piperidine rings is 1. The van der Waals surface area contributed by atoms with Gasteiger partial charge in [0.1, 0.15) is 18.0 Å². The van der Waals surface area contributed by atoms with Crippen LogP contribution in [0.1, 0.15) is 10.4 Å². The van der Waals surface area contributed by atoms with Gasteiger partial charge in [0.2, 0.25) is 0 Å². The van der Waals surface area contributed by atoms with Crippen LogP contribution in [0.15, 0.2) is 24.3 Å². The molecule has 1 saturated heterocycles. The molecule has 1 heterocycles. The molecule has 128 valence electrons. The molecule has 8 nitrogen and oxygen atoms in total. The molecule has 1 aliphatic rings. The van der Waals surface area contributed by atoms with Crippen LogP contribution in [-0.2, 0) is 0 Å². The summed E-state index contributed by atoms with van der Waals surface area (Å²) in [6.45, 7) is -0.628.